The molecule has 3 nitrogen and oxygen atoms in total. The molecule has 2 atom stereocenters. The van der Waals surface area contributed by atoms with Gasteiger partial charge in [-0.2, -0.15) is 5.10 Å². The minimum Gasteiger partial charge on any atom is -0.464 e. The third-order valence-electron chi connectivity index (χ3n) is 5.01. The normalized spacial score (nSPS) is 20.5. The van der Waals surface area contributed by atoms with Crippen molar-refractivity contribution in [3.63, 3.8) is 0 Å². The van der Waals surface area contributed by atoms with Crippen LogP contribution in [0.3, 0.4) is 0 Å². The molecule has 5 rings (SSSR count). The Morgan fingerprint density at radius 2 is 1.63 bits per heavy atom. The van der Waals surface area contributed by atoms with Gasteiger partial charge < -0.3 is 4.74 Å². The van der Waals surface area contributed by atoms with E-state index in [1.54, 1.807) is 0 Å². The van der Waals surface area contributed by atoms with Crippen LogP contribution in [0.2, 0.25) is 0 Å². The number of fused-ring (bicyclic) bond motifs is 3. The molecule has 0 fully saturated rings. The predicted molar refractivity (Wildman–Crippen MR) is 114 cm³/mol. The molecule has 2 aliphatic heterocycles. The van der Waals surface area contributed by atoms with Crippen molar-refractivity contribution in [2.75, 3.05) is 0 Å². The van der Waals surface area contributed by atoms with Crippen molar-refractivity contribution in [1.29, 1.82) is 0 Å². The second-order valence-corrected chi connectivity index (χ2v) is 8.55. The molecule has 134 valence electrons. The van der Waals surface area contributed by atoms with Gasteiger partial charge in [-0.15, -0.1) is 0 Å². The lowest BCUT2D eigenvalue weighted by Crippen LogP contribution is -2.33. The fraction of sp³-hybridized carbons (Fsp3) is 0.136. The minimum absolute atomic E-state index is 0.162. The van der Waals surface area contributed by atoms with Crippen LogP contribution >= 0.6 is 31.9 Å². The lowest BCUT2D eigenvalue weighted by atomic mass is 9.96. The number of benzene rings is 3. The second-order valence-electron chi connectivity index (χ2n) is 6.72. The van der Waals surface area contributed by atoms with Crippen LogP contribution in [0.4, 0.5) is 0 Å². The number of hydrazone groups is 1. The highest BCUT2D eigenvalue weighted by Crippen LogP contribution is 2.48. The van der Waals surface area contributed by atoms with Gasteiger partial charge in [0.25, 0.3) is 0 Å². The molecule has 3 aromatic carbocycles. The Morgan fingerprint density at radius 3 is 2.41 bits per heavy atom. The molecule has 3 aromatic rings. The van der Waals surface area contributed by atoms with Crippen LogP contribution in [0.5, 0.6) is 5.75 Å². The number of hydrogen-bond acceptors (Lipinski definition) is 3. The highest BCUT2D eigenvalue weighted by molar-refractivity contribution is 9.10. The van der Waals surface area contributed by atoms with E-state index in [1.807, 2.05) is 30.3 Å². The molecule has 0 saturated carbocycles. The third-order valence-corrected chi connectivity index (χ3v) is 6.04. The molecule has 0 aromatic heterocycles. The van der Waals surface area contributed by atoms with Gasteiger partial charge in [0, 0.05) is 26.5 Å². The van der Waals surface area contributed by atoms with Gasteiger partial charge in [-0.05, 0) is 35.9 Å². The molecule has 0 amide bonds. The van der Waals surface area contributed by atoms with E-state index in [4.69, 9.17) is 9.84 Å². The van der Waals surface area contributed by atoms with Gasteiger partial charge in [-0.3, -0.25) is 0 Å². The summed E-state index contributed by atoms with van der Waals surface area (Å²) in [7, 11) is 0. The first-order valence-electron chi connectivity index (χ1n) is 8.82. The average molecular weight is 484 g/mol. The standard InChI is InChI=1S/C22H16Br2N2O/c23-16-8-6-15(7-9-16)22-26-20(18-12-17(24)10-11-21(18)27-22)13-19(25-26)14-4-2-1-3-5-14/h1-12,20,22H,13H2/t20-,22-/m1/s1. The van der Waals surface area contributed by atoms with Crippen LogP contribution in [-0.4, -0.2) is 10.7 Å². The summed E-state index contributed by atoms with van der Waals surface area (Å²) in [6.45, 7) is 0. The molecule has 0 bridgehead atoms. The minimum atomic E-state index is -0.238. The zero-order chi connectivity index (χ0) is 18.4. The van der Waals surface area contributed by atoms with Gasteiger partial charge in [0.15, 0.2) is 0 Å². The van der Waals surface area contributed by atoms with Crippen molar-refractivity contribution >= 4 is 37.6 Å². The van der Waals surface area contributed by atoms with Crippen LogP contribution in [0, 0.1) is 0 Å². The summed E-state index contributed by atoms with van der Waals surface area (Å²) in [5.41, 5.74) is 4.53. The topological polar surface area (TPSA) is 24.8 Å². The zero-order valence-electron chi connectivity index (χ0n) is 14.3. The summed E-state index contributed by atoms with van der Waals surface area (Å²) >= 11 is 7.11. The average Bonchev–Trinajstić information content (AvgIpc) is 3.15. The molecule has 0 radical (unpaired) electrons. The molecule has 0 aliphatic carbocycles. The lowest BCUT2D eigenvalue weighted by Gasteiger charge is -2.38. The van der Waals surface area contributed by atoms with Gasteiger partial charge in [-0.1, -0.05) is 74.3 Å². The molecule has 0 spiro atoms. The van der Waals surface area contributed by atoms with E-state index in [1.165, 1.54) is 5.56 Å². The van der Waals surface area contributed by atoms with Crippen molar-refractivity contribution in [1.82, 2.24) is 5.01 Å². The Bertz CT molecular complexity index is 1020. The van der Waals surface area contributed by atoms with Gasteiger partial charge in [0.05, 0.1) is 11.8 Å². The van der Waals surface area contributed by atoms with E-state index >= 15 is 0 Å². The summed E-state index contributed by atoms with van der Waals surface area (Å²) in [5.74, 6) is 0.928. The number of nitrogens with zero attached hydrogens (tertiary/aromatic N) is 2. The van der Waals surface area contributed by atoms with E-state index in [9.17, 15) is 0 Å². The molecule has 2 heterocycles. The Hall–Kier alpha value is -2.11. The molecule has 0 N–H and O–H groups in total. The van der Waals surface area contributed by atoms with Crippen LogP contribution in [0.1, 0.15) is 35.4 Å². The Labute approximate surface area is 174 Å². The smallest absolute Gasteiger partial charge is 0.213 e. The van der Waals surface area contributed by atoms with E-state index < -0.39 is 0 Å². The van der Waals surface area contributed by atoms with Crippen LogP contribution < -0.4 is 4.74 Å². The largest absolute Gasteiger partial charge is 0.464 e. The maximum atomic E-state index is 6.39. The van der Waals surface area contributed by atoms with Gasteiger partial charge in [-0.25, -0.2) is 5.01 Å². The summed E-state index contributed by atoms with van der Waals surface area (Å²) < 4.78 is 8.50. The molecule has 27 heavy (non-hydrogen) atoms. The fourth-order valence-corrected chi connectivity index (χ4v) is 4.35. The monoisotopic (exact) mass is 482 g/mol. The van der Waals surface area contributed by atoms with Crippen molar-refractivity contribution in [3.8, 4) is 5.75 Å². The first-order chi connectivity index (χ1) is 13.2. The second kappa shape index (κ2) is 6.80. The predicted octanol–water partition coefficient (Wildman–Crippen LogP) is 6.45. The summed E-state index contributed by atoms with van der Waals surface area (Å²) in [6.07, 6.45) is 0.627. The number of ether oxygens (including phenoxy) is 1. The first kappa shape index (κ1) is 17.0. The molecule has 0 unspecified atom stereocenters. The zero-order valence-corrected chi connectivity index (χ0v) is 17.5. The van der Waals surface area contributed by atoms with Crippen molar-refractivity contribution < 1.29 is 4.74 Å². The summed E-state index contributed by atoms with van der Waals surface area (Å²) in [4.78, 5) is 0. The highest BCUT2D eigenvalue weighted by Gasteiger charge is 2.41. The molecular formula is C22H16Br2N2O. The third kappa shape index (κ3) is 3.09. The van der Waals surface area contributed by atoms with E-state index in [0.29, 0.717) is 0 Å². The first-order valence-corrected chi connectivity index (χ1v) is 10.4. The lowest BCUT2D eigenvalue weighted by molar-refractivity contribution is -0.0190. The highest BCUT2D eigenvalue weighted by atomic mass is 79.9. The van der Waals surface area contributed by atoms with Gasteiger partial charge in [0.2, 0.25) is 6.23 Å². The molecule has 5 heteroatoms. The van der Waals surface area contributed by atoms with Crippen LogP contribution in [0.25, 0.3) is 0 Å². The van der Waals surface area contributed by atoms with E-state index in [-0.39, 0.29) is 12.3 Å². The number of halogens is 2. The Kier molecular flexibility index (Phi) is 4.29. The summed E-state index contributed by atoms with van der Waals surface area (Å²) in [6, 6.07) is 25.0. The maximum Gasteiger partial charge on any atom is 0.213 e. The molecule has 2 aliphatic rings. The quantitative estimate of drug-likeness (QED) is 0.418. The Balaban J connectivity index is 1.61. The fourth-order valence-electron chi connectivity index (χ4n) is 3.71. The van der Waals surface area contributed by atoms with Crippen LogP contribution in [-0.2, 0) is 0 Å². The SMILES string of the molecule is Brc1ccc([C@H]2Oc3ccc(Br)cc3[C@H]3CC(c4ccccc4)=NN32)cc1. The maximum absolute atomic E-state index is 6.39. The van der Waals surface area contributed by atoms with E-state index in [0.717, 1.165) is 38.0 Å². The molecular weight excluding hydrogens is 468 g/mol. The molecule has 0 saturated heterocycles. The number of hydrogen-bond donors (Lipinski definition) is 0. The van der Waals surface area contributed by atoms with Crippen LogP contribution in [0.15, 0.2) is 86.8 Å². The summed E-state index contributed by atoms with van der Waals surface area (Å²) in [5, 5.41) is 7.10. The van der Waals surface area contributed by atoms with Crippen molar-refractivity contribution in [2.24, 2.45) is 5.10 Å². The van der Waals surface area contributed by atoms with Crippen molar-refractivity contribution in [2.45, 2.75) is 18.7 Å². The number of rotatable bonds is 2. The van der Waals surface area contributed by atoms with Gasteiger partial charge >= 0.3 is 0 Å². The van der Waals surface area contributed by atoms with E-state index in [2.05, 4.69) is 79.3 Å². The Morgan fingerprint density at radius 1 is 0.889 bits per heavy atom. The van der Waals surface area contributed by atoms with Crippen molar-refractivity contribution in [3.05, 3.63) is 98.4 Å². The van der Waals surface area contributed by atoms with Gasteiger partial charge in [0.1, 0.15) is 5.75 Å².